The summed E-state index contributed by atoms with van der Waals surface area (Å²) in [4.78, 5) is 36.0. The van der Waals surface area contributed by atoms with Gasteiger partial charge in [-0.2, -0.15) is 9.78 Å². The molecule has 0 aliphatic heterocycles. The third kappa shape index (κ3) is 3.30. The van der Waals surface area contributed by atoms with Crippen molar-refractivity contribution in [1.82, 2.24) is 9.78 Å². The van der Waals surface area contributed by atoms with Gasteiger partial charge in [-0.3, -0.25) is 9.59 Å². The fraction of sp³-hybridized carbons (Fsp3) is 0.200. The summed E-state index contributed by atoms with van der Waals surface area (Å²) in [5, 5.41) is 4.01. The number of benzene rings is 1. The standard InChI is InChI=1S/C15H13BrN2O4/c1-3-22-15(21)12-8-13(9(2)19)17-18(14(12)20)11-6-4-5-10(16)7-11/h4-8H,3H2,1-2H3. The minimum Gasteiger partial charge on any atom is -0.462 e. The highest BCUT2D eigenvalue weighted by atomic mass is 79.9. The largest absolute Gasteiger partial charge is 0.462 e. The van der Waals surface area contributed by atoms with E-state index in [1.54, 1.807) is 31.2 Å². The lowest BCUT2D eigenvalue weighted by atomic mass is 10.2. The number of ether oxygens (including phenoxy) is 1. The molecule has 0 aliphatic rings. The molecular weight excluding hydrogens is 352 g/mol. The maximum absolute atomic E-state index is 12.4. The van der Waals surface area contributed by atoms with Crippen LogP contribution in [0.15, 0.2) is 39.6 Å². The van der Waals surface area contributed by atoms with Crippen LogP contribution in [0.2, 0.25) is 0 Å². The van der Waals surface area contributed by atoms with Crippen molar-refractivity contribution in [2.75, 3.05) is 6.61 Å². The van der Waals surface area contributed by atoms with Crippen molar-refractivity contribution in [2.24, 2.45) is 0 Å². The Kier molecular flexibility index (Phi) is 4.87. The van der Waals surface area contributed by atoms with Crippen LogP contribution in [-0.4, -0.2) is 28.1 Å². The van der Waals surface area contributed by atoms with Crippen molar-refractivity contribution in [2.45, 2.75) is 13.8 Å². The van der Waals surface area contributed by atoms with Gasteiger partial charge in [-0.15, -0.1) is 0 Å². The first kappa shape index (κ1) is 16.1. The van der Waals surface area contributed by atoms with Crippen molar-refractivity contribution in [3.63, 3.8) is 0 Å². The molecule has 0 spiro atoms. The predicted molar refractivity (Wildman–Crippen MR) is 83.5 cm³/mol. The first-order valence-electron chi connectivity index (χ1n) is 6.52. The lowest BCUT2D eigenvalue weighted by molar-refractivity contribution is 0.0523. The van der Waals surface area contributed by atoms with Crippen LogP contribution in [0.25, 0.3) is 5.69 Å². The van der Waals surface area contributed by atoms with Crippen molar-refractivity contribution in [3.8, 4) is 5.69 Å². The van der Waals surface area contributed by atoms with Crippen molar-refractivity contribution >= 4 is 27.7 Å². The highest BCUT2D eigenvalue weighted by molar-refractivity contribution is 9.10. The predicted octanol–water partition coefficient (Wildman–Crippen LogP) is 2.37. The van der Waals surface area contributed by atoms with Gasteiger partial charge in [0.25, 0.3) is 5.56 Å². The number of carbonyl (C=O) groups is 2. The molecule has 1 heterocycles. The van der Waals surface area contributed by atoms with Crippen LogP contribution >= 0.6 is 15.9 Å². The number of hydrogen-bond donors (Lipinski definition) is 0. The average Bonchev–Trinajstić information content (AvgIpc) is 2.47. The Labute approximate surface area is 134 Å². The zero-order valence-electron chi connectivity index (χ0n) is 12.0. The summed E-state index contributed by atoms with van der Waals surface area (Å²) in [6.07, 6.45) is 0. The van der Waals surface area contributed by atoms with Gasteiger partial charge in [-0.1, -0.05) is 22.0 Å². The quantitative estimate of drug-likeness (QED) is 0.614. The molecule has 0 atom stereocenters. The molecule has 2 rings (SSSR count). The Hall–Kier alpha value is -2.28. The first-order chi connectivity index (χ1) is 10.4. The molecule has 1 aromatic heterocycles. The number of aromatic nitrogens is 2. The molecule has 0 unspecified atom stereocenters. The van der Waals surface area contributed by atoms with Crippen LogP contribution in [0.4, 0.5) is 0 Å². The Bertz CT molecular complexity index is 798. The molecule has 1 aromatic carbocycles. The number of esters is 1. The maximum atomic E-state index is 12.4. The van der Waals surface area contributed by atoms with Crippen LogP contribution in [0.1, 0.15) is 34.7 Å². The van der Waals surface area contributed by atoms with Gasteiger partial charge in [0.05, 0.1) is 12.3 Å². The molecule has 0 radical (unpaired) electrons. The molecule has 2 aromatic rings. The van der Waals surface area contributed by atoms with E-state index in [9.17, 15) is 14.4 Å². The molecule has 7 heteroatoms. The minimum absolute atomic E-state index is 0.0163. The smallest absolute Gasteiger partial charge is 0.343 e. The number of carbonyl (C=O) groups excluding carboxylic acids is 2. The average molecular weight is 365 g/mol. The number of ketones is 1. The van der Waals surface area contributed by atoms with E-state index < -0.39 is 11.5 Å². The Balaban J connectivity index is 2.70. The Morgan fingerprint density at radius 1 is 1.32 bits per heavy atom. The highest BCUT2D eigenvalue weighted by Crippen LogP contribution is 2.14. The van der Waals surface area contributed by atoms with Gasteiger partial charge in [0.2, 0.25) is 0 Å². The second-order valence-corrected chi connectivity index (χ2v) is 5.33. The molecule has 0 fully saturated rings. The second-order valence-electron chi connectivity index (χ2n) is 4.42. The number of halogens is 1. The van der Waals surface area contributed by atoms with Crippen molar-refractivity contribution in [1.29, 1.82) is 0 Å². The summed E-state index contributed by atoms with van der Waals surface area (Å²) < 4.78 is 6.62. The number of Topliss-reactive ketones (excluding diaryl/α,β-unsaturated/α-hetero) is 1. The summed E-state index contributed by atoms with van der Waals surface area (Å²) in [6.45, 7) is 3.08. The lowest BCUT2D eigenvalue weighted by Gasteiger charge is -2.09. The summed E-state index contributed by atoms with van der Waals surface area (Å²) >= 11 is 3.30. The Morgan fingerprint density at radius 3 is 2.64 bits per heavy atom. The van der Waals surface area contributed by atoms with Crippen LogP contribution in [0, 0.1) is 0 Å². The van der Waals surface area contributed by atoms with Crippen molar-refractivity contribution in [3.05, 3.63) is 56.4 Å². The van der Waals surface area contributed by atoms with Gasteiger partial charge in [-0.05, 0) is 31.2 Å². The van der Waals surface area contributed by atoms with E-state index in [0.29, 0.717) is 5.69 Å². The van der Waals surface area contributed by atoms with Crippen LogP contribution in [-0.2, 0) is 4.74 Å². The highest BCUT2D eigenvalue weighted by Gasteiger charge is 2.19. The number of hydrogen-bond acceptors (Lipinski definition) is 5. The van der Waals surface area contributed by atoms with Crippen LogP contribution < -0.4 is 5.56 Å². The molecule has 0 saturated carbocycles. The minimum atomic E-state index is -0.777. The molecular formula is C15H13BrN2O4. The van der Waals surface area contributed by atoms with Gasteiger partial charge in [0.1, 0.15) is 11.3 Å². The normalized spacial score (nSPS) is 10.3. The van der Waals surface area contributed by atoms with E-state index in [1.807, 2.05) is 0 Å². The number of nitrogens with zero attached hydrogens (tertiary/aromatic N) is 2. The fourth-order valence-electron chi connectivity index (χ4n) is 1.80. The number of rotatable bonds is 4. The molecule has 0 amide bonds. The third-order valence-corrected chi connectivity index (χ3v) is 3.31. The zero-order chi connectivity index (χ0) is 16.3. The molecule has 114 valence electrons. The summed E-state index contributed by atoms with van der Waals surface area (Å²) in [7, 11) is 0. The lowest BCUT2D eigenvalue weighted by Crippen LogP contribution is -2.30. The maximum Gasteiger partial charge on any atom is 0.343 e. The zero-order valence-corrected chi connectivity index (χ0v) is 13.6. The fourth-order valence-corrected chi connectivity index (χ4v) is 2.19. The second kappa shape index (κ2) is 6.65. The molecule has 22 heavy (non-hydrogen) atoms. The summed E-state index contributed by atoms with van der Waals surface area (Å²) in [5.74, 6) is -1.13. The SMILES string of the molecule is CCOC(=O)c1cc(C(C)=O)nn(-c2cccc(Br)c2)c1=O. The van der Waals surface area contributed by atoms with Gasteiger partial charge < -0.3 is 4.74 Å². The van der Waals surface area contributed by atoms with Crippen LogP contribution in [0.5, 0.6) is 0 Å². The first-order valence-corrected chi connectivity index (χ1v) is 7.31. The van der Waals surface area contributed by atoms with Gasteiger partial charge >= 0.3 is 5.97 Å². The topological polar surface area (TPSA) is 78.3 Å². The van der Waals surface area contributed by atoms with E-state index in [1.165, 1.54) is 6.92 Å². The van der Waals surface area contributed by atoms with Crippen LogP contribution in [0.3, 0.4) is 0 Å². The molecule has 0 N–H and O–H groups in total. The van der Waals surface area contributed by atoms with Crippen molar-refractivity contribution < 1.29 is 14.3 Å². The van der Waals surface area contributed by atoms with E-state index in [4.69, 9.17) is 4.74 Å². The Morgan fingerprint density at radius 2 is 2.05 bits per heavy atom. The van der Waals surface area contributed by atoms with E-state index >= 15 is 0 Å². The van der Waals surface area contributed by atoms with Gasteiger partial charge in [-0.25, -0.2) is 4.79 Å². The van der Waals surface area contributed by atoms with E-state index in [-0.39, 0.29) is 23.6 Å². The van der Waals surface area contributed by atoms with Gasteiger partial charge in [0, 0.05) is 11.4 Å². The monoisotopic (exact) mass is 364 g/mol. The van der Waals surface area contributed by atoms with Gasteiger partial charge in [0.15, 0.2) is 5.78 Å². The molecule has 0 saturated heterocycles. The van der Waals surface area contributed by atoms with E-state index in [0.717, 1.165) is 15.2 Å². The summed E-state index contributed by atoms with van der Waals surface area (Å²) in [5.41, 5.74) is -0.403. The molecule has 6 nitrogen and oxygen atoms in total. The summed E-state index contributed by atoms with van der Waals surface area (Å²) in [6, 6.07) is 7.98. The third-order valence-electron chi connectivity index (χ3n) is 2.82. The van der Waals surface area contributed by atoms with E-state index in [2.05, 4.69) is 21.0 Å². The molecule has 0 aliphatic carbocycles. The molecule has 0 bridgehead atoms.